The van der Waals surface area contributed by atoms with E-state index in [0.29, 0.717) is 34.6 Å². The Kier molecular flexibility index (Phi) is 4.79. The van der Waals surface area contributed by atoms with Gasteiger partial charge in [0.1, 0.15) is 0 Å². The van der Waals surface area contributed by atoms with Gasteiger partial charge >= 0.3 is 0 Å². The number of hydrogen-bond acceptors (Lipinski definition) is 5. The number of rotatable bonds is 4. The molecule has 0 radical (unpaired) electrons. The van der Waals surface area contributed by atoms with Crippen molar-refractivity contribution >= 4 is 34.4 Å². The molecule has 0 aliphatic rings. The predicted octanol–water partition coefficient (Wildman–Crippen LogP) is 4.32. The molecule has 0 fully saturated rings. The standard InChI is InChI=1S/C21H18ClN5O/c1-12-16-8-3-4-9-18(16)25-20(23-12)27-21-24-13(2)17(19(28)26-21)11-14-6-5-7-15(22)10-14/h3-10H,11H2,1-2H3,(H2,23,24,25,26,27,28). The highest BCUT2D eigenvalue weighted by molar-refractivity contribution is 6.30. The lowest BCUT2D eigenvalue weighted by molar-refractivity contribution is 0.978. The third-order valence-corrected chi connectivity index (χ3v) is 4.75. The van der Waals surface area contributed by atoms with Crippen molar-refractivity contribution < 1.29 is 0 Å². The summed E-state index contributed by atoms with van der Waals surface area (Å²) in [4.78, 5) is 28.8. The summed E-state index contributed by atoms with van der Waals surface area (Å²) in [5, 5.41) is 4.64. The Balaban J connectivity index is 1.64. The largest absolute Gasteiger partial charge is 0.294 e. The van der Waals surface area contributed by atoms with Gasteiger partial charge in [0.15, 0.2) is 0 Å². The molecule has 0 unspecified atom stereocenters. The topological polar surface area (TPSA) is 83.6 Å². The van der Waals surface area contributed by atoms with Crippen molar-refractivity contribution in [3.8, 4) is 0 Å². The lowest BCUT2D eigenvalue weighted by atomic mass is 10.1. The number of anilines is 2. The average molecular weight is 392 g/mol. The van der Waals surface area contributed by atoms with Gasteiger partial charge in [-0.1, -0.05) is 41.9 Å². The van der Waals surface area contributed by atoms with Crippen LogP contribution in [0.25, 0.3) is 10.9 Å². The van der Waals surface area contributed by atoms with Crippen LogP contribution in [0.2, 0.25) is 5.02 Å². The summed E-state index contributed by atoms with van der Waals surface area (Å²) in [7, 11) is 0. The number of fused-ring (bicyclic) bond motifs is 1. The molecule has 4 rings (SSSR count). The van der Waals surface area contributed by atoms with Crippen molar-refractivity contribution in [3.05, 3.63) is 86.4 Å². The molecular weight excluding hydrogens is 374 g/mol. The molecule has 28 heavy (non-hydrogen) atoms. The number of aromatic amines is 1. The maximum absolute atomic E-state index is 12.6. The first kappa shape index (κ1) is 18.1. The van der Waals surface area contributed by atoms with Crippen molar-refractivity contribution in [1.29, 1.82) is 0 Å². The van der Waals surface area contributed by atoms with Crippen molar-refractivity contribution in [2.75, 3.05) is 5.32 Å². The third-order valence-electron chi connectivity index (χ3n) is 4.52. The molecule has 0 spiro atoms. The van der Waals surface area contributed by atoms with E-state index >= 15 is 0 Å². The third kappa shape index (κ3) is 3.73. The quantitative estimate of drug-likeness (QED) is 0.541. The average Bonchev–Trinajstić information content (AvgIpc) is 2.65. The Bertz CT molecular complexity index is 1240. The van der Waals surface area contributed by atoms with E-state index in [1.54, 1.807) is 6.07 Å². The number of para-hydroxylation sites is 1. The number of nitrogens with one attached hydrogen (secondary N) is 2. The lowest BCUT2D eigenvalue weighted by Gasteiger charge is -2.10. The van der Waals surface area contributed by atoms with Crippen LogP contribution in [0, 0.1) is 13.8 Å². The molecule has 0 saturated heterocycles. The van der Waals surface area contributed by atoms with Crippen LogP contribution in [0.3, 0.4) is 0 Å². The fourth-order valence-corrected chi connectivity index (χ4v) is 3.34. The second-order valence-corrected chi connectivity index (χ2v) is 7.00. The molecule has 2 heterocycles. The summed E-state index contributed by atoms with van der Waals surface area (Å²) in [6.45, 7) is 3.73. The van der Waals surface area contributed by atoms with E-state index in [-0.39, 0.29) is 5.56 Å². The van der Waals surface area contributed by atoms with E-state index in [4.69, 9.17) is 11.6 Å². The molecule has 2 aromatic carbocycles. The zero-order valence-corrected chi connectivity index (χ0v) is 16.2. The molecule has 0 bridgehead atoms. The minimum atomic E-state index is -0.201. The van der Waals surface area contributed by atoms with Crippen molar-refractivity contribution in [3.63, 3.8) is 0 Å². The van der Waals surface area contributed by atoms with Gasteiger partial charge in [0.2, 0.25) is 11.9 Å². The molecule has 0 saturated carbocycles. The van der Waals surface area contributed by atoms with Crippen LogP contribution < -0.4 is 10.9 Å². The van der Waals surface area contributed by atoms with Crippen LogP contribution in [0.15, 0.2) is 53.3 Å². The fourth-order valence-electron chi connectivity index (χ4n) is 3.13. The Morgan fingerprint density at radius 3 is 2.61 bits per heavy atom. The Labute approximate surface area is 166 Å². The molecular formula is C21H18ClN5O. The molecule has 4 aromatic rings. The highest BCUT2D eigenvalue weighted by Gasteiger charge is 2.11. The van der Waals surface area contributed by atoms with Crippen LogP contribution in [-0.4, -0.2) is 19.9 Å². The molecule has 7 heteroatoms. The SMILES string of the molecule is Cc1nc(Nc2nc(C)c3ccccc3n2)[nH]c(=O)c1Cc1cccc(Cl)c1. The molecule has 0 atom stereocenters. The minimum absolute atomic E-state index is 0.201. The monoisotopic (exact) mass is 391 g/mol. The van der Waals surface area contributed by atoms with Gasteiger partial charge in [0, 0.05) is 22.4 Å². The Hall–Kier alpha value is -3.25. The van der Waals surface area contributed by atoms with Gasteiger partial charge in [-0.3, -0.25) is 15.1 Å². The molecule has 0 aliphatic carbocycles. The van der Waals surface area contributed by atoms with E-state index in [9.17, 15) is 4.79 Å². The van der Waals surface area contributed by atoms with Gasteiger partial charge in [-0.2, -0.15) is 0 Å². The van der Waals surface area contributed by atoms with Gasteiger partial charge in [-0.05, 0) is 37.6 Å². The second-order valence-electron chi connectivity index (χ2n) is 6.56. The zero-order valence-electron chi connectivity index (χ0n) is 15.5. The number of benzene rings is 2. The maximum atomic E-state index is 12.6. The number of H-pyrrole nitrogens is 1. The number of aryl methyl sites for hydroxylation is 2. The predicted molar refractivity (Wildman–Crippen MR) is 111 cm³/mol. The Morgan fingerprint density at radius 2 is 1.82 bits per heavy atom. The van der Waals surface area contributed by atoms with Crippen molar-refractivity contribution in [1.82, 2.24) is 19.9 Å². The van der Waals surface area contributed by atoms with Gasteiger partial charge < -0.3 is 0 Å². The van der Waals surface area contributed by atoms with Crippen molar-refractivity contribution in [2.24, 2.45) is 0 Å². The summed E-state index contributed by atoms with van der Waals surface area (Å²) in [6.07, 6.45) is 0.459. The van der Waals surface area contributed by atoms with Crippen LogP contribution >= 0.6 is 11.6 Å². The number of nitrogens with zero attached hydrogens (tertiary/aromatic N) is 3. The molecule has 2 aromatic heterocycles. The number of halogens is 1. The maximum Gasteiger partial charge on any atom is 0.256 e. The number of aromatic nitrogens is 4. The normalized spacial score (nSPS) is 11.0. The van der Waals surface area contributed by atoms with E-state index in [1.807, 2.05) is 56.3 Å². The van der Waals surface area contributed by atoms with Crippen LogP contribution in [0.5, 0.6) is 0 Å². The van der Waals surface area contributed by atoms with Gasteiger partial charge in [-0.25, -0.2) is 15.0 Å². The first-order valence-corrected chi connectivity index (χ1v) is 9.22. The second kappa shape index (κ2) is 7.40. The van der Waals surface area contributed by atoms with Crippen molar-refractivity contribution in [2.45, 2.75) is 20.3 Å². The van der Waals surface area contributed by atoms with Gasteiger partial charge in [0.05, 0.1) is 16.9 Å². The first-order chi connectivity index (χ1) is 13.5. The van der Waals surface area contributed by atoms with Crippen LogP contribution in [0.4, 0.5) is 11.9 Å². The minimum Gasteiger partial charge on any atom is -0.294 e. The van der Waals surface area contributed by atoms with Gasteiger partial charge in [-0.15, -0.1) is 0 Å². The van der Waals surface area contributed by atoms with Crippen LogP contribution in [0.1, 0.15) is 22.5 Å². The molecule has 0 amide bonds. The highest BCUT2D eigenvalue weighted by Crippen LogP contribution is 2.19. The lowest BCUT2D eigenvalue weighted by Crippen LogP contribution is -2.19. The van der Waals surface area contributed by atoms with E-state index in [2.05, 4.69) is 25.3 Å². The summed E-state index contributed by atoms with van der Waals surface area (Å²) in [5.41, 5.74) is 3.68. The smallest absolute Gasteiger partial charge is 0.256 e. The van der Waals surface area contributed by atoms with E-state index < -0.39 is 0 Å². The Morgan fingerprint density at radius 1 is 1.00 bits per heavy atom. The van der Waals surface area contributed by atoms with E-state index in [0.717, 1.165) is 22.2 Å². The summed E-state index contributed by atoms with van der Waals surface area (Å²) in [6, 6.07) is 15.2. The summed E-state index contributed by atoms with van der Waals surface area (Å²) in [5.74, 6) is 0.702. The van der Waals surface area contributed by atoms with E-state index in [1.165, 1.54) is 0 Å². The number of hydrogen-bond donors (Lipinski definition) is 2. The van der Waals surface area contributed by atoms with Crippen LogP contribution in [-0.2, 0) is 6.42 Å². The molecule has 0 aliphatic heterocycles. The molecule has 2 N–H and O–H groups in total. The summed E-state index contributed by atoms with van der Waals surface area (Å²) < 4.78 is 0. The first-order valence-electron chi connectivity index (χ1n) is 8.84. The van der Waals surface area contributed by atoms with Gasteiger partial charge in [0.25, 0.3) is 5.56 Å². The zero-order chi connectivity index (χ0) is 19.7. The summed E-state index contributed by atoms with van der Waals surface area (Å²) >= 11 is 6.03. The molecule has 6 nitrogen and oxygen atoms in total. The molecule has 140 valence electrons. The highest BCUT2D eigenvalue weighted by atomic mass is 35.5. The fraction of sp³-hybridized carbons (Fsp3) is 0.143.